The van der Waals surface area contributed by atoms with Crippen molar-refractivity contribution in [3.8, 4) is 0 Å². The summed E-state index contributed by atoms with van der Waals surface area (Å²) in [5, 5.41) is 42.4. The molecule has 1 aromatic carbocycles. The Bertz CT molecular complexity index is 1480. The summed E-state index contributed by atoms with van der Waals surface area (Å²) in [7, 11) is 0. The molecule has 0 radical (unpaired) electrons. The number of hydrogen-bond acceptors (Lipinski definition) is 9. The Morgan fingerprint density at radius 1 is 1.28 bits per heavy atom. The lowest BCUT2D eigenvalue weighted by atomic mass is 9.83. The van der Waals surface area contributed by atoms with Gasteiger partial charge in [0.2, 0.25) is 0 Å². The number of aromatic nitrogens is 4. The van der Waals surface area contributed by atoms with Crippen LogP contribution in [0.15, 0.2) is 39.5 Å². The van der Waals surface area contributed by atoms with Crippen LogP contribution in [0.1, 0.15) is 78.1 Å². The third-order valence-corrected chi connectivity index (χ3v) is 8.98. The van der Waals surface area contributed by atoms with E-state index in [4.69, 9.17) is 33.1 Å². The number of aromatic carboxylic acids is 1. The standard InChI is InChI=1S/C26H27Cl2N5O5S/c1-2-17(27)23(18(28)12-29-37)33-20(22(31-32-33)14-3-4-14)13-38-16-7-9-26(36,10-8-16)25-30-19-6-5-15(24(34)35)11-21(19)39-25/h2,5-6,11-12,14,16,36-37H,3-4,7-10,13H2,1H3,(H,34,35)/b17-2+,23-18-,29-12+. The van der Waals surface area contributed by atoms with Gasteiger partial charge in [-0.05, 0) is 63.6 Å². The Labute approximate surface area is 238 Å². The maximum absolute atomic E-state index is 11.4. The van der Waals surface area contributed by atoms with Gasteiger partial charge in [-0.2, -0.15) is 0 Å². The Kier molecular flexibility index (Phi) is 8.06. The van der Waals surface area contributed by atoms with Gasteiger partial charge in [-0.15, -0.1) is 16.4 Å². The molecular weight excluding hydrogens is 565 g/mol. The van der Waals surface area contributed by atoms with Gasteiger partial charge in [0.25, 0.3) is 0 Å². The van der Waals surface area contributed by atoms with Gasteiger partial charge in [0.1, 0.15) is 16.3 Å². The highest BCUT2D eigenvalue weighted by Crippen LogP contribution is 2.43. The van der Waals surface area contributed by atoms with E-state index < -0.39 is 11.6 Å². The molecule has 206 valence electrons. The van der Waals surface area contributed by atoms with Crippen LogP contribution in [0.2, 0.25) is 0 Å². The number of allylic oxidation sites excluding steroid dienone is 4. The Balaban J connectivity index is 1.31. The summed E-state index contributed by atoms with van der Waals surface area (Å²) in [6, 6.07) is 4.78. The predicted octanol–water partition coefficient (Wildman–Crippen LogP) is 5.82. The van der Waals surface area contributed by atoms with E-state index in [1.54, 1.807) is 29.8 Å². The molecule has 0 amide bonds. The van der Waals surface area contributed by atoms with Crippen LogP contribution in [-0.2, 0) is 16.9 Å². The minimum atomic E-state index is -1.10. The minimum Gasteiger partial charge on any atom is -0.478 e. The number of oxime groups is 1. The van der Waals surface area contributed by atoms with E-state index in [-0.39, 0.29) is 23.3 Å². The largest absolute Gasteiger partial charge is 0.478 e. The quantitative estimate of drug-likeness (QED) is 0.122. The van der Waals surface area contributed by atoms with Gasteiger partial charge in [-0.3, -0.25) is 0 Å². The van der Waals surface area contributed by atoms with E-state index in [2.05, 4.69) is 20.5 Å². The van der Waals surface area contributed by atoms with Crippen LogP contribution in [0.3, 0.4) is 0 Å². The monoisotopic (exact) mass is 591 g/mol. The number of rotatable bonds is 9. The lowest BCUT2D eigenvalue weighted by molar-refractivity contribution is -0.0648. The van der Waals surface area contributed by atoms with E-state index in [1.807, 2.05) is 0 Å². The second-order valence-corrected chi connectivity index (χ2v) is 11.6. The minimum absolute atomic E-state index is 0.100. The van der Waals surface area contributed by atoms with Gasteiger partial charge >= 0.3 is 5.97 Å². The maximum atomic E-state index is 11.4. The van der Waals surface area contributed by atoms with Gasteiger partial charge in [0, 0.05) is 5.92 Å². The van der Waals surface area contributed by atoms with Gasteiger partial charge in [0.05, 0.1) is 56.2 Å². The highest BCUT2D eigenvalue weighted by molar-refractivity contribution is 7.18. The number of halogens is 2. The molecule has 0 spiro atoms. The van der Waals surface area contributed by atoms with Crippen LogP contribution < -0.4 is 0 Å². The third kappa shape index (κ3) is 5.73. The fraction of sp³-hybridized carbons (Fsp3) is 0.423. The summed E-state index contributed by atoms with van der Waals surface area (Å²) in [6.45, 7) is 1.98. The van der Waals surface area contributed by atoms with Crippen molar-refractivity contribution in [1.29, 1.82) is 0 Å². The van der Waals surface area contributed by atoms with Crippen LogP contribution in [0.4, 0.5) is 0 Å². The second-order valence-electron chi connectivity index (χ2n) is 9.73. The number of thiazole rings is 1. The van der Waals surface area contributed by atoms with Crippen molar-refractivity contribution in [2.24, 2.45) is 5.16 Å². The summed E-state index contributed by atoms with van der Waals surface area (Å²) in [5.41, 5.74) is 1.69. The zero-order valence-electron chi connectivity index (χ0n) is 21.0. The van der Waals surface area contributed by atoms with Crippen molar-refractivity contribution in [2.75, 3.05) is 0 Å². The molecule has 2 aliphatic rings. The molecule has 0 bridgehead atoms. The molecular formula is C26H27Cl2N5O5S. The number of fused-ring (bicyclic) bond motifs is 1. The molecule has 2 aliphatic carbocycles. The Morgan fingerprint density at radius 3 is 2.67 bits per heavy atom. The summed E-state index contributed by atoms with van der Waals surface area (Å²) in [5.74, 6) is -0.700. The normalized spacial score (nSPS) is 23.0. The first-order chi connectivity index (χ1) is 18.7. The second kappa shape index (κ2) is 11.3. The number of carboxylic acids is 1. The molecule has 5 rings (SSSR count). The van der Waals surface area contributed by atoms with Crippen LogP contribution in [0.5, 0.6) is 0 Å². The number of ether oxygens (including phenoxy) is 1. The number of carbonyl (C=O) groups is 1. The number of carboxylic acid groups (broad SMARTS) is 1. The van der Waals surface area contributed by atoms with E-state index in [9.17, 15) is 15.0 Å². The number of hydrogen-bond donors (Lipinski definition) is 3. The zero-order valence-corrected chi connectivity index (χ0v) is 23.4. The molecule has 2 heterocycles. The molecule has 13 heteroatoms. The highest BCUT2D eigenvalue weighted by atomic mass is 35.5. The molecule has 2 fully saturated rings. The third-order valence-electron chi connectivity index (χ3n) is 7.10. The maximum Gasteiger partial charge on any atom is 0.335 e. The van der Waals surface area contributed by atoms with Crippen molar-refractivity contribution in [3.63, 3.8) is 0 Å². The SMILES string of the molecule is C\C=C(Cl)/C(=C(Cl)\C=N\O)n1nnc(C2CC2)c1COC1CCC(O)(c2nc3ccc(C(=O)O)cc3s2)CC1. The molecule has 10 nitrogen and oxygen atoms in total. The van der Waals surface area contributed by atoms with Gasteiger partial charge in [-0.1, -0.05) is 39.6 Å². The van der Waals surface area contributed by atoms with Crippen LogP contribution in [-0.4, -0.2) is 53.7 Å². The zero-order chi connectivity index (χ0) is 27.7. The van der Waals surface area contributed by atoms with Crippen LogP contribution >= 0.6 is 34.5 Å². The molecule has 39 heavy (non-hydrogen) atoms. The van der Waals surface area contributed by atoms with Crippen molar-refractivity contribution in [3.05, 3.63) is 56.3 Å². The summed E-state index contributed by atoms with van der Waals surface area (Å²) >= 11 is 14.2. The molecule has 0 atom stereocenters. The fourth-order valence-corrected chi connectivity index (χ4v) is 6.38. The summed E-state index contributed by atoms with van der Waals surface area (Å²) in [4.78, 5) is 15.9. The first kappa shape index (κ1) is 27.7. The number of nitrogens with zero attached hydrogens (tertiary/aromatic N) is 5. The lowest BCUT2D eigenvalue weighted by Gasteiger charge is -2.34. The van der Waals surface area contributed by atoms with E-state index in [0.29, 0.717) is 52.9 Å². The van der Waals surface area contributed by atoms with Gasteiger partial charge < -0.3 is 20.2 Å². The fourth-order valence-electron chi connectivity index (χ4n) is 4.77. The molecule has 3 aromatic rings. The van der Waals surface area contributed by atoms with Gasteiger partial charge in [0.15, 0.2) is 0 Å². The first-order valence-corrected chi connectivity index (χ1v) is 14.1. The van der Waals surface area contributed by atoms with Crippen molar-refractivity contribution < 1.29 is 25.0 Å². The average Bonchev–Trinajstić information content (AvgIpc) is 3.54. The molecule has 2 aromatic heterocycles. The molecule has 2 saturated carbocycles. The number of benzene rings is 1. The van der Waals surface area contributed by atoms with E-state index in [1.165, 1.54) is 17.4 Å². The predicted molar refractivity (Wildman–Crippen MR) is 148 cm³/mol. The first-order valence-electron chi connectivity index (χ1n) is 12.6. The van der Waals surface area contributed by atoms with Crippen molar-refractivity contribution >= 4 is 62.6 Å². The van der Waals surface area contributed by atoms with Crippen molar-refractivity contribution in [2.45, 2.75) is 69.7 Å². The van der Waals surface area contributed by atoms with Crippen LogP contribution in [0.25, 0.3) is 15.9 Å². The lowest BCUT2D eigenvalue weighted by Crippen LogP contribution is -2.34. The summed E-state index contributed by atoms with van der Waals surface area (Å²) < 4.78 is 8.60. The van der Waals surface area contributed by atoms with E-state index in [0.717, 1.165) is 35.1 Å². The molecule has 0 unspecified atom stereocenters. The molecule has 0 saturated heterocycles. The molecule has 3 N–H and O–H groups in total. The average molecular weight is 593 g/mol. The smallest absolute Gasteiger partial charge is 0.335 e. The van der Waals surface area contributed by atoms with Crippen LogP contribution in [0, 0.1) is 0 Å². The highest BCUT2D eigenvalue weighted by Gasteiger charge is 2.39. The van der Waals surface area contributed by atoms with Gasteiger partial charge in [-0.25, -0.2) is 14.5 Å². The summed E-state index contributed by atoms with van der Waals surface area (Å²) in [6.07, 6.45) is 6.83. The molecule has 0 aliphatic heterocycles. The Morgan fingerprint density at radius 2 is 2.03 bits per heavy atom. The van der Waals surface area contributed by atoms with Crippen molar-refractivity contribution in [1.82, 2.24) is 20.0 Å². The Hall–Kier alpha value is -2.83. The number of aliphatic hydroxyl groups is 1. The topological polar surface area (TPSA) is 143 Å². The van der Waals surface area contributed by atoms with E-state index >= 15 is 0 Å².